The summed E-state index contributed by atoms with van der Waals surface area (Å²) >= 11 is 12.0. The Hall–Kier alpha value is -2.44. The number of ether oxygens (including phenoxy) is 3. The highest BCUT2D eigenvalue weighted by Gasteiger charge is 2.15. The van der Waals surface area contributed by atoms with Gasteiger partial charge in [-0.1, -0.05) is 35.3 Å². The van der Waals surface area contributed by atoms with Gasteiger partial charge in [-0.05, 0) is 36.2 Å². The number of carbonyl (C=O) groups is 2. The summed E-state index contributed by atoms with van der Waals surface area (Å²) in [6.45, 7) is 0.0195. The number of nitrogens with one attached hydrogen (secondary N) is 1. The lowest BCUT2D eigenvalue weighted by Gasteiger charge is -2.09. The number of halogens is 2. The number of hydrogen-bond donors (Lipinski definition) is 1. The Balaban J connectivity index is 1.78. The fourth-order valence-electron chi connectivity index (χ4n) is 2.28. The van der Waals surface area contributed by atoms with E-state index in [4.69, 9.17) is 37.4 Å². The number of hydrogen-bond acceptors (Lipinski definition) is 5. The number of esters is 1. The summed E-state index contributed by atoms with van der Waals surface area (Å²) in [5, 5.41) is 3.05. The molecule has 8 heteroatoms. The monoisotopic (exact) mass is 411 g/mol. The summed E-state index contributed by atoms with van der Waals surface area (Å²) in [6.07, 6.45) is 0.646. The minimum atomic E-state index is -0.702. The lowest BCUT2D eigenvalue weighted by molar-refractivity contribution is -0.124. The van der Waals surface area contributed by atoms with Crippen LogP contribution in [-0.2, 0) is 16.0 Å². The molecule has 0 aliphatic heterocycles. The fraction of sp³-hybridized carbons (Fsp3) is 0.263. The zero-order chi connectivity index (χ0) is 19.8. The third-order valence-electron chi connectivity index (χ3n) is 3.67. The largest absolute Gasteiger partial charge is 0.497 e. The van der Waals surface area contributed by atoms with E-state index in [9.17, 15) is 9.59 Å². The van der Waals surface area contributed by atoms with Gasteiger partial charge in [0, 0.05) is 6.54 Å². The van der Waals surface area contributed by atoms with Gasteiger partial charge < -0.3 is 19.5 Å². The van der Waals surface area contributed by atoms with Crippen molar-refractivity contribution in [2.24, 2.45) is 0 Å². The molecule has 6 nitrogen and oxygen atoms in total. The topological polar surface area (TPSA) is 73.9 Å². The van der Waals surface area contributed by atoms with Crippen LogP contribution in [0, 0.1) is 0 Å². The molecule has 1 N–H and O–H groups in total. The summed E-state index contributed by atoms with van der Waals surface area (Å²) in [5.41, 5.74) is 1.19. The van der Waals surface area contributed by atoms with Gasteiger partial charge in [0.25, 0.3) is 5.91 Å². The molecular formula is C19H19Cl2NO5. The second kappa shape index (κ2) is 10.0. The number of rotatable bonds is 8. The molecule has 2 rings (SSSR count). The van der Waals surface area contributed by atoms with E-state index in [0.29, 0.717) is 13.0 Å². The molecule has 27 heavy (non-hydrogen) atoms. The summed E-state index contributed by atoms with van der Waals surface area (Å²) in [7, 11) is 3.02. The van der Waals surface area contributed by atoms with Gasteiger partial charge >= 0.3 is 5.97 Å². The van der Waals surface area contributed by atoms with Crippen molar-refractivity contribution >= 4 is 35.1 Å². The van der Waals surface area contributed by atoms with Gasteiger partial charge in [0.15, 0.2) is 12.4 Å². The van der Waals surface area contributed by atoms with E-state index in [1.165, 1.54) is 19.2 Å². The maximum Gasteiger partial charge on any atom is 0.338 e. The second-order valence-electron chi connectivity index (χ2n) is 5.50. The van der Waals surface area contributed by atoms with Crippen molar-refractivity contribution in [1.29, 1.82) is 0 Å². The van der Waals surface area contributed by atoms with E-state index in [-0.39, 0.29) is 21.4 Å². The third-order valence-corrected chi connectivity index (χ3v) is 4.23. The minimum absolute atomic E-state index is 0.136. The first-order valence-corrected chi connectivity index (χ1v) is 8.80. The summed E-state index contributed by atoms with van der Waals surface area (Å²) < 4.78 is 15.1. The van der Waals surface area contributed by atoms with E-state index in [2.05, 4.69) is 5.32 Å². The van der Waals surface area contributed by atoms with Gasteiger partial charge in [0.05, 0.1) is 29.8 Å². The van der Waals surface area contributed by atoms with Crippen molar-refractivity contribution in [3.63, 3.8) is 0 Å². The third kappa shape index (κ3) is 6.05. The lowest BCUT2D eigenvalue weighted by Crippen LogP contribution is -2.30. The van der Waals surface area contributed by atoms with Gasteiger partial charge in [-0.15, -0.1) is 0 Å². The van der Waals surface area contributed by atoms with Crippen LogP contribution < -0.4 is 14.8 Å². The van der Waals surface area contributed by atoms with Crippen molar-refractivity contribution in [3.8, 4) is 11.5 Å². The number of carbonyl (C=O) groups excluding carboxylic acids is 2. The molecule has 0 aliphatic rings. The Bertz CT molecular complexity index is 785. The van der Waals surface area contributed by atoms with E-state index < -0.39 is 18.5 Å². The molecule has 0 heterocycles. The van der Waals surface area contributed by atoms with Crippen molar-refractivity contribution < 1.29 is 23.8 Å². The van der Waals surface area contributed by atoms with Crippen LogP contribution in [0.5, 0.6) is 11.5 Å². The molecule has 0 saturated carbocycles. The molecule has 0 aliphatic carbocycles. The lowest BCUT2D eigenvalue weighted by atomic mass is 10.1. The van der Waals surface area contributed by atoms with E-state index in [0.717, 1.165) is 11.3 Å². The summed E-state index contributed by atoms with van der Waals surface area (Å²) in [4.78, 5) is 23.9. The highest BCUT2D eigenvalue weighted by Crippen LogP contribution is 2.33. The van der Waals surface area contributed by atoms with Crippen molar-refractivity contribution in [2.45, 2.75) is 6.42 Å². The molecule has 144 valence electrons. The Labute approximate surface area is 167 Å². The van der Waals surface area contributed by atoms with E-state index in [1.807, 2.05) is 24.3 Å². The number of methoxy groups -OCH3 is 2. The van der Waals surface area contributed by atoms with Gasteiger partial charge in [0.1, 0.15) is 5.75 Å². The molecule has 1 amide bonds. The highest BCUT2D eigenvalue weighted by atomic mass is 35.5. The maximum atomic E-state index is 12.0. The SMILES string of the molecule is COc1ccc(CCNC(=O)COC(=O)c2cc(Cl)c(OC)c(Cl)c2)cc1. The van der Waals surface area contributed by atoms with Crippen LogP contribution in [0.15, 0.2) is 36.4 Å². The zero-order valence-corrected chi connectivity index (χ0v) is 16.4. The second-order valence-corrected chi connectivity index (χ2v) is 6.31. The van der Waals surface area contributed by atoms with Crippen LogP contribution in [-0.4, -0.2) is 39.2 Å². The predicted molar refractivity (Wildman–Crippen MR) is 103 cm³/mol. The first-order chi connectivity index (χ1) is 12.9. The Morgan fingerprint density at radius 1 is 1.00 bits per heavy atom. The summed E-state index contributed by atoms with van der Waals surface area (Å²) in [6, 6.07) is 10.3. The Kier molecular flexibility index (Phi) is 7.76. The standard InChI is InChI=1S/C19H19Cl2NO5/c1-25-14-5-3-12(4-6-14)7-8-22-17(23)11-27-19(24)13-9-15(20)18(26-2)16(21)10-13/h3-6,9-10H,7-8,11H2,1-2H3,(H,22,23). The number of benzene rings is 2. The summed E-state index contributed by atoms with van der Waals surface area (Å²) in [5.74, 6) is -0.0612. The molecule has 0 aromatic heterocycles. The molecule has 0 unspecified atom stereocenters. The molecule has 0 saturated heterocycles. The molecule has 0 atom stereocenters. The van der Waals surface area contributed by atoms with Crippen LogP contribution in [0.3, 0.4) is 0 Å². The molecule has 0 spiro atoms. The molecule has 2 aromatic rings. The van der Waals surface area contributed by atoms with Crippen LogP contribution in [0.25, 0.3) is 0 Å². The first kappa shape index (κ1) is 20.9. The smallest absolute Gasteiger partial charge is 0.338 e. The van der Waals surface area contributed by atoms with Gasteiger partial charge in [-0.25, -0.2) is 4.79 Å². The van der Waals surface area contributed by atoms with E-state index >= 15 is 0 Å². The fourth-order valence-corrected chi connectivity index (χ4v) is 2.92. The maximum absolute atomic E-state index is 12.0. The average Bonchev–Trinajstić information content (AvgIpc) is 2.66. The van der Waals surface area contributed by atoms with Crippen molar-refractivity contribution in [1.82, 2.24) is 5.32 Å². The highest BCUT2D eigenvalue weighted by molar-refractivity contribution is 6.37. The molecule has 0 bridgehead atoms. The van der Waals surface area contributed by atoms with Crippen LogP contribution in [0.2, 0.25) is 10.0 Å². The number of amides is 1. The zero-order valence-electron chi connectivity index (χ0n) is 14.9. The molecular weight excluding hydrogens is 393 g/mol. The van der Waals surface area contributed by atoms with Gasteiger partial charge in [-0.3, -0.25) is 4.79 Å². The van der Waals surface area contributed by atoms with E-state index in [1.54, 1.807) is 7.11 Å². The van der Waals surface area contributed by atoms with Crippen molar-refractivity contribution in [3.05, 3.63) is 57.6 Å². The molecule has 0 fully saturated rings. The van der Waals surface area contributed by atoms with Crippen molar-refractivity contribution in [2.75, 3.05) is 27.4 Å². The Morgan fingerprint density at radius 3 is 2.19 bits per heavy atom. The quantitative estimate of drug-likeness (QED) is 0.672. The van der Waals surface area contributed by atoms with Gasteiger partial charge in [-0.2, -0.15) is 0 Å². The van der Waals surface area contributed by atoms with Crippen LogP contribution >= 0.6 is 23.2 Å². The molecule has 0 radical (unpaired) electrons. The Morgan fingerprint density at radius 2 is 1.63 bits per heavy atom. The molecule has 2 aromatic carbocycles. The predicted octanol–water partition coefficient (Wildman–Crippen LogP) is 3.53. The normalized spacial score (nSPS) is 10.2. The van der Waals surface area contributed by atoms with Crippen LogP contribution in [0.1, 0.15) is 15.9 Å². The first-order valence-electron chi connectivity index (χ1n) is 8.04. The van der Waals surface area contributed by atoms with Crippen LogP contribution in [0.4, 0.5) is 0 Å². The van der Waals surface area contributed by atoms with Gasteiger partial charge in [0.2, 0.25) is 0 Å². The minimum Gasteiger partial charge on any atom is -0.497 e. The average molecular weight is 412 g/mol.